The van der Waals surface area contributed by atoms with Gasteiger partial charge in [-0.3, -0.25) is 4.79 Å². The third kappa shape index (κ3) is 4.06. The molecule has 0 bridgehead atoms. The topological polar surface area (TPSA) is 80.1 Å². The van der Waals surface area contributed by atoms with Crippen LogP contribution in [-0.2, 0) is 16.0 Å². The maximum Gasteiger partial charge on any atom is 0.237 e. The number of nitrogens with two attached hydrogens (primary N) is 1. The quantitative estimate of drug-likeness (QED) is 0.724. The molecule has 5 heteroatoms. The lowest BCUT2D eigenvalue weighted by molar-refractivity contribution is -0.123. The van der Waals surface area contributed by atoms with Gasteiger partial charge in [-0.25, -0.2) is 0 Å². The third-order valence-electron chi connectivity index (χ3n) is 3.41. The molecule has 2 rings (SSSR count). The van der Waals surface area contributed by atoms with E-state index in [1.807, 2.05) is 44.3 Å². The summed E-state index contributed by atoms with van der Waals surface area (Å²) in [4.78, 5) is 15.3. The molecule has 1 heterocycles. The van der Waals surface area contributed by atoms with E-state index in [0.29, 0.717) is 19.6 Å². The first-order valence-corrected chi connectivity index (χ1v) is 7.30. The number of carbonyl (C=O) groups is 1. The van der Waals surface area contributed by atoms with Gasteiger partial charge >= 0.3 is 0 Å². The van der Waals surface area contributed by atoms with Gasteiger partial charge in [-0.15, -0.1) is 0 Å². The first-order valence-electron chi connectivity index (χ1n) is 7.30. The molecule has 0 spiro atoms. The zero-order valence-corrected chi connectivity index (χ0v) is 12.6. The van der Waals surface area contributed by atoms with Crippen molar-refractivity contribution in [2.24, 2.45) is 5.73 Å². The summed E-state index contributed by atoms with van der Waals surface area (Å²) in [7, 11) is 0. The standard InChI is InChI=1S/C16H23N3O2/c1-3-21-10-11(2)19-16(20)14(17)8-12-9-18-15-7-5-4-6-13(12)15/h4-7,9,11,14,18H,3,8,10,17H2,1-2H3,(H,19,20)/t11?,14-/m1/s1. The second kappa shape index (κ2) is 7.24. The van der Waals surface area contributed by atoms with Crippen LogP contribution >= 0.6 is 0 Å². The van der Waals surface area contributed by atoms with Crippen molar-refractivity contribution in [3.63, 3.8) is 0 Å². The molecule has 1 aromatic carbocycles. The van der Waals surface area contributed by atoms with E-state index in [1.54, 1.807) is 0 Å². The number of benzene rings is 1. The molecule has 0 saturated heterocycles. The highest BCUT2D eigenvalue weighted by Crippen LogP contribution is 2.18. The maximum absolute atomic E-state index is 12.1. The van der Waals surface area contributed by atoms with Crippen LogP contribution in [0.1, 0.15) is 19.4 Å². The number of rotatable bonds is 7. The summed E-state index contributed by atoms with van der Waals surface area (Å²) in [6, 6.07) is 7.40. The summed E-state index contributed by atoms with van der Waals surface area (Å²) in [5.41, 5.74) is 8.13. The summed E-state index contributed by atoms with van der Waals surface area (Å²) in [6.07, 6.45) is 2.43. The van der Waals surface area contributed by atoms with Gasteiger partial charge in [0.25, 0.3) is 0 Å². The highest BCUT2D eigenvalue weighted by Gasteiger charge is 2.17. The van der Waals surface area contributed by atoms with E-state index < -0.39 is 6.04 Å². The number of nitrogens with one attached hydrogen (secondary N) is 2. The predicted octanol–water partition coefficient (Wildman–Crippen LogP) is 1.58. The number of aromatic nitrogens is 1. The predicted molar refractivity (Wildman–Crippen MR) is 84.1 cm³/mol. The van der Waals surface area contributed by atoms with Gasteiger partial charge in [-0.05, 0) is 31.9 Å². The van der Waals surface area contributed by atoms with E-state index in [-0.39, 0.29) is 11.9 Å². The average molecular weight is 289 g/mol. The van der Waals surface area contributed by atoms with Gasteiger partial charge in [0.2, 0.25) is 5.91 Å². The summed E-state index contributed by atoms with van der Waals surface area (Å²) < 4.78 is 5.28. The zero-order valence-electron chi connectivity index (χ0n) is 12.6. The minimum atomic E-state index is -0.562. The van der Waals surface area contributed by atoms with Crippen molar-refractivity contribution < 1.29 is 9.53 Å². The Bertz CT molecular complexity index is 594. The first kappa shape index (κ1) is 15.5. The number of aromatic amines is 1. The fraction of sp³-hybridized carbons (Fsp3) is 0.438. The van der Waals surface area contributed by atoms with Crippen LogP contribution < -0.4 is 11.1 Å². The fourth-order valence-electron chi connectivity index (χ4n) is 2.32. The second-order valence-electron chi connectivity index (χ2n) is 5.24. The van der Waals surface area contributed by atoms with Gasteiger partial charge in [0.1, 0.15) is 0 Å². The smallest absolute Gasteiger partial charge is 0.237 e. The molecule has 1 unspecified atom stereocenters. The lowest BCUT2D eigenvalue weighted by Gasteiger charge is -2.17. The molecule has 1 amide bonds. The molecule has 4 N–H and O–H groups in total. The Hall–Kier alpha value is -1.85. The Morgan fingerprint density at radius 3 is 2.95 bits per heavy atom. The molecular weight excluding hydrogens is 266 g/mol. The molecule has 0 aliphatic carbocycles. The van der Waals surface area contributed by atoms with Gasteiger partial charge in [0.15, 0.2) is 0 Å². The Morgan fingerprint density at radius 1 is 1.43 bits per heavy atom. The van der Waals surface area contributed by atoms with E-state index in [0.717, 1.165) is 16.5 Å². The third-order valence-corrected chi connectivity index (χ3v) is 3.41. The van der Waals surface area contributed by atoms with Crippen molar-refractivity contribution in [1.82, 2.24) is 10.3 Å². The molecule has 0 fully saturated rings. The molecule has 21 heavy (non-hydrogen) atoms. The molecule has 0 aliphatic rings. The summed E-state index contributed by atoms with van der Waals surface area (Å²) >= 11 is 0. The number of H-pyrrole nitrogens is 1. The number of hydrogen-bond acceptors (Lipinski definition) is 3. The Morgan fingerprint density at radius 2 is 2.19 bits per heavy atom. The number of hydrogen-bond donors (Lipinski definition) is 3. The fourth-order valence-corrected chi connectivity index (χ4v) is 2.32. The largest absolute Gasteiger partial charge is 0.380 e. The SMILES string of the molecule is CCOCC(C)NC(=O)[C@H](N)Cc1c[nH]c2ccccc12. The second-order valence-corrected chi connectivity index (χ2v) is 5.24. The van der Waals surface area contributed by atoms with Crippen molar-refractivity contribution >= 4 is 16.8 Å². The molecule has 5 nitrogen and oxygen atoms in total. The van der Waals surface area contributed by atoms with Crippen LogP contribution in [0.25, 0.3) is 10.9 Å². The van der Waals surface area contributed by atoms with E-state index in [1.165, 1.54) is 0 Å². The summed E-state index contributed by atoms with van der Waals surface area (Å²) in [5.74, 6) is -0.146. The van der Waals surface area contributed by atoms with Crippen molar-refractivity contribution in [3.8, 4) is 0 Å². The Kier molecular flexibility index (Phi) is 5.36. The number of amides is 1. The molecule has 2 aromatic rings. The highest BCUT2D eigenvalue weighted by molar-refractivity contribution is 5.86. The lowest BCUT2D eigenvalue weighted by Crippen LogP contribution is -2.46. The van der Waals surface area contributed by atoms with Crippen LogP contribution in [0.4, 0.5) is 0 Å². The van der Waals surface area contributed by atoms with Crippen LogP contribution in [0.3, 0.4) is 0 Å². The van der Waals surface area contributed by atoms with Crippen molar-refractivity contribution in [1.29, 1.82) is 0 Å². The van der Waals surface area contributed by atoms with E-state index in [9.17, 15) is 4.79 Å². The van der Waals surface area contributed by atoms with Crippen molar-refractivity contribution in [2.75, 3.05) is 13.2 Å². The Balaban J connectivity index is 1.94. The van der Waals surface area contributed by atoms with Crippen LogP contribution in [0.5, 0.6) is 0 Å². The molecule has 0 radical (unpaired) electrons. The maximum atomic E-state index is 12.1. The number of fused-ring (bicyclic) bond motifs is 1. The minimum Gasteiger partial charge on any atom is -0.380 e. The van der Waals surface area contributed by atoms with Crippen LogP contribution in [-0.4, -0.2) is 36.2 Å². The van der Waals surface area contributed by atoms with Gasteiger partial charge in [-0.2, -0.15) is 0 Å². The average Bonchev–Trinajstić information content (AvgIpc) is 2.88. The molecule has 0 aliphatic heterocycles. The molecule has 1 aromatic heterocycles. The molecule has 114 valence electrons. The minimum absolute atomic E-state index is 0.0357. The first-order chi connectivity index (χ1) is 10.1. The van der Waals surface area contributed by atoms with E-state index >= 15 is 0 Å². The summed E-state index contributed by atoms with van der Waals surface area (Å²) in [5, 5.41) is 3.99. The Labute approximate surface area is 124 Å². The highest BCUT2D eigenvalue weighted by atomic mass is 16.5. The monoisotopic (exact) mass is 289 g/mol. The van der Waals surface area contributed by atoms with Gasteiger partial charge in [0, 0.05) is 29.7 Å². The normalized spacial score (nSPS) is 14.0. The van der Waals surface area contributed by atoms with Crippen LogP contribution in [0.2, 0.25) is 0 Å². The molecule has 2 atom stereocenters. The summed E-state index contributed by atoms with van der Waals surface area (Å²) in [6.45, 7) is 4.98. The van der Waals surface area contributed by atoms with E-state index in [4.69, 9.17) is 10.5 Å². The number of para-hydroxylation sites is 1. The van der Waals surface area contributed by atoms with Crippen LogP contribution in [0.15, 0.2) is 30.5 Å². The molecular formula is C16H23N3O2. The van der Waals surface area contributed by atoms with Crippen molar-refractivity contribution in [2.45, 2.75) is 32.4 Å². The van der Waals surface area contributed by atoms with Gasteiger partial charge in [-0.1, -0.05) is 18.2 Å². The lowest BCUT2D eigenvalue weighted by atomic mass is 10.0. The number of carbonyl (C=O) groups excluding carboxylic acids is 1. The van der Waals surface area contributed by atoms with E-state index in [2.05, 4.69) is 10.3 Å². The van der Waals surface area contributed by atoms with Gasteiger partial charge < -0.3 is 20.8 Å². The van der Waals surface area contributed by atoms with Crippen LogP contribution in [0, 0.1) is 0 Å². The zero-order chi connectivity index (χ0) is 15.2. The molecule has 0 saturated carbocycles. The van der Waals surface area contributed by atoms with Crippen molar-refractivity contribution in [3.05, 3.63) is 36.0 Å². The van der Waals surface area contributed by atoms with Gasteiger partial charge in [0.05, 0.1) is 12.6 Å². The number of ether oxygens (including phenoxy) is 1.